The van der Waals surface area contributed by atoms with Gasteiger partial charge in [-0.1, -0.05) is 6.07 Å². The van der Waals surface area contributed by atoms with Crippen LogP contribution in [0.1, 0.15) is 15.9 Å². The topological polar surface area (TPSA) is 67.2 Å². The van der Waals surface area contributed by atoms with Gasteiger partial charge in [0.15, 0.2) is 0 Å². The molecule has 0 radical (unpaired) electrons. The minimum absolute atomic E-state index is 0.0591. The van der Waals surface area contributed by atoms with Gasteiger partial charge in [0.05, 0.1) is 42.5 Å². The SMILES string of the molecule is Cc1cccn2ncc(C(=O)N3C[C@@H]4COC[C@H](C3)N(C)C4=O)c12. The normalized spacial score (nSPS) is 24.3. The van der Waals surface area contributed by atoms with Crippen molar-refractivity contribution >= 4 is 17.3 Å². The van der Waals surface area contributed by atoms with Gasteiger partial charge in [-0.2, -0.15) is 5.10 Å². The van der Waals surface area contributed by atoms with E-state index in [9.17, 15) is 9.59 Å². The maximum Gasteiger partial charge on any atom is 0.257 e. The minimum atomic E-state index is -0.297. The van der Waals surface area contributed by atoms with E-state index in [0.29, 0.717) is 31.9 Å². The highest BCUT2D eigenvalue weighted by atomic mass is 16.5. The average molecular weight is 328 g/mol. The predicted molar refractivity (Wildman–Crippen MR) is 86.7 cm³/mol. The highest BCUT2D eigenvalue weighted by molar-refractivity contribution is 6.01. The van der Waals surface area contributed by atoms with Crippen LogP contribution in [0, 0.1) is 12.8 Å². The van der Waals surface area contributed by atoms with Gasteiger partial charge in [0, 0.05) is 26.3 Å². The fourth-order valence-electron chi connectivity index (χ4n) is 3.61. The van der Waals surface area contributed by atoms with E-state index in [2.05, 4.69) is 5.10 Å². The molecule has 2 atom stereocenters. The number of nitrogens with zero attached hydrogens (tertiary/aromatic N) is 4. The van der Waals surface area contributed by atoms with Crippen molar-refractivity contribution in [1.29, 1.82) is 0 Å². The zero-order chi connectivity index (χ0) is 16.8. The Labute approximate surface area is 139 Å². The monoisotopic (exact) mass is 328 g/mol. The molecule has 126 valence electrons. The van der Waals surface area contributed by atoms with Crippen molar-refractivity contribution in [3.05, 3.63) is 35.7 Å². The summed E-state index contributed by atoms with van der Waals surface area (Å²) < 4.78 is 7.32. The van der Waals surface area contributed by atoms with Gasteiger partial charge in [0.2, 0.25) is 5.91 Å². The average Bonchev–Trinajstić information content (AvgIpc) is 2.89. The van der Waals surface area contributed by atoms with Crippen LogP contribution in [0.25, 0.3) is 5.52 Å². The minimum Gasteiger partial charge on any atom is -0.378 e. The highest BCUT2D eigenvalue weighted by Crippen LogP contribution is 2.23. The van der Waals surface area contributed by atoms with Crippen molar-refractivity contribution in [2.45, 2.75) is 13.0 Å². The molecule has 0 aromatic carbocycles. The zero-order valence-corrected chi connectivity index (χ0v) is 13.8. The Morgan fingerprint density at radius 1 is 1.33 bits per heavy atom. The molecule has 4 rings (SSSR count). The van der Waals surface area contributed by atoms with Gasteiger partial charge in [0.25, 0.3) is 5.91 Å². The van der Waals surface area contributed by atoms with Gasteiger partial charge in [-0.3, -0.25) is 9.59 Å². The molecule has 7 nitrogen and oxygen atoms in total. The fourth-order valence-corrected chi connectivity index (χ4v) is 3.61. The summed E-state index contributed by atoms with van der Waals surface area (Å²) in [6.45, 7) is 3.69. The number of pyridine rings is 1. The van der Waals surface area contributed by atoms with Gasteiger partial charge in [-0.25, -0.2) is 4.52 Å². The van der Waals surface area contributed by atoms with Gasteiger partial charge < -0.3 is 14.5 Å². The van der Waals surface area contributed by atoms with Gasteiger partial charge in [-0.05, 0) is 18.6 Å². The third-order valence-corrected chi connectivity index (χ3v) is 5.01. The molecule has 2 bridgehead atoms. The third kappa shape index (κ3) is 2.27. The first-order chi connectivity index (χ1) is 11.6. The van der Waals surface area contributed by atoms with Crippen molar-refractivity contribution in [1.82, 2.24) is 19.4 Å². The molecule has 7 heteroatoms. The smallest absolute Gasteiger partial charge is 0.257 e. The Morgan fingerprint density at radius 3 is 3.00 bits per heavy atom. The zero-order valence-electron chi connectivity index (χ0n) is 13.8. The molecule has 24 heavy (non-hydrogen) atoms. The van der Waals surface area contributed by atoms with Crippen LogP contribution in [0.2, 0.25) is 0 Å². The molecule has 0 saturated carbocycles. The van der Waals surface area contributed by atoms with Crippen LogP contribution in [0.3, 0.4) is 0 Å². The molecule has 4 heterocycles. The molecule has 2 aromatic rings. The van der Waals surface area contributed by atoms with E-state index in [1.54, 1.807) is 27.6 Å². The van der Waals surface area contributed by atoms with E-state index in [1.165, 1.54) is 0 Å². The molecular formula is C17H20N4O3. The van der Waals surface area contributed by atoms with Crippen LogP contribution in [-0.2, 0) is 9.53 Å². The number of ether oxygens (including phenoxy) is 1. The number of aryl methyl sites for hydroxylation is 1. The lowest BCUT2D eigenvalue weighted by Gasteiger charge is -2.29. The van der Waals surface area contributed by atoms with E-state index in [-0.39, 0.29) is 23.8 Å². The van der Waals surface area contributed by atoms with Crippen molar-refractivity contribution in [2.24, 2.45) is 5.92 Å². The van der Waals surface area contributed by atoms with Crippen LogP contribution in [0.5, 0.6) is 0 Å². The molecule has 0 unspecified atom stereocenters. The number of carbonyl (C=O) groups is 2. The van der Waals surface area contributed by atoms with Crippen LogP contribution >= 0.6 is 0 Å². The second-order valence-electron chi connectivity index (χ2n) is 6.59. The van der Waals surface area contributed by atoms with Crippen molar-refractivity contribution in [2.75, 3.05) is 33.4 Å². The first-order valence-electron chi connectivity index (χ1n) is 8.13. The molecule has 2 amide bonds. The number of rotatable bonds is 1. The summed E-state index contributed by atoms with van der Waals surface area (Å²) in [7, 11) is 1.79. The summed E-state index contributed by atoms with van der Waals surface area (Å²) in [6.07, 6.45) is 3.45. The number of hydrogen-bond donors (Lipinski definition) is 0. The van der Waals surface area contributed by atoms with Crippen LogP contribution in [0.4, 0.5) is 0 Å². The van der Waals surface area contributed by atoms with Gasteiger partial charge in [0.1, 0.15) is 0 Å². The van der Waals surface area contributed by atoms with E-state index >= 15 is 0 Å². The van der Waals surface area contributed by atoms with Crippen molar-refractivity contribution in [3.8, 4) is 0 Å². The fraction of sp³-hybridized carbons (Fsp3) is 0.471. The standard InChI is InChI=1S/C17H20N4O3/c1-11-4-3-5-21-15(11)14(6-18-21)17(23)20-7-12-9-24-10-13(8-20)19(2)16(12)22/h3-6,12-13H,7-10H2,1-2H3/t12-,13+/m1/s1. The molecule has 2 saturated heterocycles. The summed E-state index contributed by atoms with van der Waals surface area (Å²) in [5.41, 5.74) is 2.42. The van der Waals surface area contributed by atoms with Gasteiger partial charge in [-0.15, -0.1) is 0 Å². The lowest BCUT2D eigenvalue weighted by Crippen LogP contribution is -2.45. The number of amides is 2. The van der Waals surface area contributed by atoms with Crippen molar-refractivity contribution in [3.63, 3.8) is 0 Å². The first-order valence-corrected chi connectivity index (χ1v) is 8.13. The van der Waals surface area contributed by atoms with E-state index < -0.39 is 0 Å². The lowest BCUT2D eigenvalue weighted by molar-refractivity contribution is -0.133. The van der Waals surface area contributed by atoms with E-state index in [4.69, 9.17) is 4.74 Å². The molecule has 0 aliphatic carbocycles. The Morgan fingerprint density at radius 2 is 2.17 bits per heavy atom. The molecule has 2 aliphatic heterocycles. The third-order valence-electron chi connectivity index (χ3n) is 5.01. The largest absolute Gasteiger partial charge is 0.378 e. The maximum atomic E-state index is 13.1. The Balaban J connectivity index is 1.70. The lowest BCUT2D eigenvalue weighted by atomic mass is 10.1. The summed E-state index contributed by atoms with van der Waals surface area (Å²) in [5, 5.41) is 4.29. The van der Waals surface area contributed by atoms with E-state index in [0.717, 1.165) is 11.1 Å². The number of hydrogen-bond acceptors (Lipinski definition) is 4. The van der Waals surface area contributed by atoms with Crippen LogP contribution in [0.15, 0.2) is 24.5 Å². The molecule has 0 spiro atoms. The van der Waals surface area contributed by atoms with E-state index in [1.807, 2.05) is 25.3 Å². The van der Waals surface area contributed by atoms with Crippen LogP contribution in [-0.4, -0.2) is 70.6 Å². The quantitative estimate of drug-likeness (QED) is 0.768. The predicted octanol–water partition coefficient (Wildman–Crippen LogP) is 0.572. The Kier molecular flexibility index (Phi) is 3.53. The highest BCUT2D eigenvalue weighted by Gasteiger charge is 2.39. The summed E-state index contributed by atoms with van der Waals surface area (Å²) >= 11 is 0. The number of fused-ring (bicyclic) bond motifs is 4. The summed E-state index contributed by atoms with van der Waals surface area (Å²) in [6, 6.07) is 3.78. The number of aromatic nitrogens is 2. The first kappa shape index (κ1) is 15.1. The maximum absolute atomic E-state index is 13.1. The Bertz CT molecular complexity index is 815. The Hall–Kier alpha value is -2.41. The van der Waals surface area contributed by atoms with Crippen LogP contribution < -0.4 is 0 Å². The van der Waals surface area contributed by atoms with Gasteiger partial charge >= 0.3 is 0 Å². The molecule has 2 fully saturated rings. The molecule has 0 N–H and O–H groups in total. The molecular weight excluding hydrogens is 308 g/mol. The second-order valence-corrected chi connectivity index (χ2v) is 6.59. The molecule has 2 aliphatic rings. The van der Waals surface area contributed by atoms with Crippen molar-refractivity contribution < 1.29 is 14.3 Å². The second kappa shape index (κ2) is 5.59. The number of carbonyl (C=O) groups excluding carboxylic acids is 2. The summed E-state index contributed by atoms with van der Waals surface area (Å²) in [5.74, 6) is -0.308. The number of likely N-dealkylation sites (N-methyl/N-ethyl adjacent to an activating group) is 1. The summed E-state index contributed by atoms with van der Waals surface area (Å²) in [4.78, 5) is 29.1. The molecule has 2 aromatic heterocycles.